The minimum atomic E-state index is -1.13. The zero-order valence-electron chi connectivity index (χ0n) is 7.22. The van der Waals surface area contributed by atoms with Gasteiger partial charge in [0.1, 0.15) is 7.26 Å². The predicted molar refractivity (Wildman–Crippen MR) is 48.8 cm³/mol. The van der Waals surface area contributed by atoms with E-state index in [1.165, 1.54) is 6.42 Å². The van der Waals surface area contributed by atoms with Gasteiger partial charge in [-0.25, -0.2) is 0 Å². The molecule has 0 aliphatic heterocycles. The summed E-state index contributed by atoms with van der Waals surface area (Å²) in [4.78, 5) is 0. The first-order valence-electron chi connectivity index (χ1n) is 4.02. The van der Waals surface area contributed by atoms with Crippen LogP contribution in [0.15, 0.2) is 0 Å². The molecule has 0 saturated carbocycles. The molecule has 0 radical (unpaired) electrons. The summed E-state index contributed by atoms with van der Waals surface area (Å²) in [6, 6.07) is 0. The Morgan fingerprint density at radius 1 is 1.20 bits per heavy atom. The number of rotatable bonds is 4. The predicted octanol–water partition coefficient (Wildman–Crippen LogP) is 2.93. The van der Waals surface area contributed by atoms with Crippen LogP contribution in [0.4, 0.5) is 0 Å². The summed E-state index contributed by atoms with van der Waals surface area (Å²) in [5.41, 5.74) is 0. The van der Waals surface area contributed by atoms with Gasteiger partial charge in [-0.3, -0.25) is 0 Å². The van der Waals surface area contributed by atoms with Crippen LogP contribution in [0.2, 0.25) is 0 Å². The Morgan fingerprint density at radius 2 is 1.70 bits per heavy atom. The van der Waals surface area contributed by atoms with Crippen molar-refractivity contribution in [3.8, 4) is 5.81 Å². The quantitative estimate of drug-likeness (QED) is 0.577. The van der Waals surface area contributed by atoms with E-state index in [2.05, 4.69) is 26.6 Å². The van der Waals surface area contributed by atoms with Gasteiger partial charge in [-0.1, -0.05) is 6.92 Å². The fourth-order valence-corrected chi connectivity index (χ4v) is 3.48. The second kappa shape index (κ2) is 4.69. The summed E-state index contributed by atoms with van der Waals surface area (Å²) >= 11 is 0. The van der Waals surface area contributed by atoms with Crippen LogP contribution in [0.1, 0.15) is 27.2 Å². The monoisotopic (exact) mass is 158 g/mol. The van der Waals surface area contributed by atoms with E-state index < -0.39 is 7.26 Å². The molecule has 0 bridgehead atoms. The van der Waals surface area contributed by atoms with Crippen molar-refractivity contribution in [1.82, 2.24) is 0 Å². The molecule has 0 spiro atoms. The first-order valence-corrected chi connectivity index (χ1v) is 6.36. The number of nitriles is 1. The van der Waals surface area contributed by atoms with Crippen LogP contribution in [0.3, 0.4) is 0 Å². The van der Waals surface area contributed by atoms with Crippen LogP contribution in [-0.4, -0.2) is 18.5 Å². The molecule has 0 N–H and O–H groups in total. The lowest BCUT2D eigenvalue weighted by Crippen LogP contribution is -2.00. The molecule has 1 nitrogen and oxygen atoms in total. The molecule has 0 saturated heterocycles. The zero-order chi connectivity index (χ0) is 8.04. The smallest absolute Gasteiger partial charge is 0.152 e. The average Bonchev–Trinajstić information content (AvgIpc) is 2.01. The van der Waals surface area contributed by atoms with E-state index >= 15 is 0 Å². The fourth-order valence-electron chi connectivity index (χ4n) is 1.16. The van der Waals surface area contributed by atoms with Crippen molar-refractivity contribution >= 4 is 7.26 Å². The van der Waals surface area contributed by atoms with E-state index in [0.717, 1.165) is 18.5 Å². The fraction of sp³-hybridized carbons (Fsp3) is 0.875. The van der Waals surface area contributed by atoms with Gasteiger partial charge >= 0.3 is 0 Å². The lowest BCUT2D eigenvalue weighted by atomic mass is 10.6. The molecule has 0 aliphatic carbocycles. The summed E-state index contributed by atoms with van der Waals surface area (Å²) < 4.78 is 0. The summed E-state index contributed by atoms with van der Waals surface area (Å²) in [6.07, 6.45) is 4.54. The average molecular weight is 158 g/mol. The van der Waals surface area contributed by atoms with E-state index in [4.69, 9.17) is 5.26 Å². The summed E-state index contributed by atoms with van der Waals surface area (Å²) in [7, 11) is -1.13. The molecule has 0 fully saturated rings. The maximum atomic E-state index is 8.91. The molecular weight excluding hydrogens is 141 g/mol. The van der Waals surface area contributed by atoms with Crippen molar-refractivity contribution in [1.29, 1.82) is 5.26 Å². The third-order valence-corrected chi connectivity index (χ3v) is 6.22. The highest BCUT2D eigenvalue weighted by molar-refractivity contribution is 7.80. The molecule has 10 heavy (non-hydrogen) atoms. The van der Waals surface area contributed by atoms with Crippen molar-refractivity contribution in [3.05, 3.63) is 0 Å². The Kier molecular flexibility index (Phi) is 4.65. The van der Waals surface area contributed by atoms with Crippen LogP contribution in [0.25, 0.3) is 0 Å². The Hall–Kier alpha value is -0.0800. The van der Waals surface area contributed by atoms with E-state index in [1.54, 1.807) is 0 Å². The van der Waals surface area contributed by atoms with E-state index in [-0.39, 0.29) is 0 Å². The van der Waals surface area contributed by atoms with E-state index in [9.17, 15) is 0 Å². The van der Waals surface area contributed by atoms with Gasteiger partial charge in [-0.2, -0.15) is 5.26 Å². The molecule has 2 heteroatoms. The molecule has 0 unspecified atom stereocenters. The maximum Gasteiger partial charge on any atom is 0.238 e. The van der Waals surface area contributed by atoms with E-state index in [0.29, 0.717) is 0 Å². The Balaban J connectivity index is 4.05. The second-order valence-corrected chi connectivity index (χ2v) is 6.80. The minimum absolute atomic E-state index is 1.10. The maximum absolute atomic E-state index is 8.91. The lowest BCUT2D eigenvalue weighted by Gasteiger charge is -2.13. The molecule has 0 aromatic carbocycles. The SMILES string of the molecule is CCC[P+](C#N)(CC)CC. The van der Waals surface area contributed by atoms with Crippen LogP contribution in [0.5, 0.6) is 0 Å². The first-order chi connectivity index (χ1) is 4.74. The van der Waals surface area contributed by atoms with Gasteiger partial charge < -0.3 is 0 Å². The van der Waals surface area contributed by atoms with Gasteiger partial charge in [-0.15, -0.1) is 0 Å². The van der Waals surface area contributed by atoms with Gasteiger partial charge in [0.05, 0.1) is 18.5 Å². The standard InChI is InChI=1S/C8H17NP/c1-4-7-10(5-2,6-3)8-9/h4-7H2,1-3H3/q+1. The molecule has 0 atom stereocenters. The molecule has 0 heterocycles. The molecule has 0 aromatic rings. The highest BCUT2D eigenvalue weighted by Crippen LogP contribution is 2.57. The first kappa shape index (κ1) is 9.92. The third kappa shape index (κ3) is 2.27. The van der Waals surface area contributed by atoms with Gasteiger partial charge in [0.15, 0.2) is 0 Å². The largest absolute Gasteiger partial charge is 0.238 e. The van der Waals surface area contributed by atoms with Gasteiger partial charge in [0, 0.05) is 0 Å². The number of hydrogen-bond acceptors (Lipinski definition) is 1. The molecule has 0 amide bonds. The summed E-state index contributed by atoms with van der Waals surface area (Å²) in [6.45, 7) is 6.46. The molecule has 58 valence electrons. The van der Waals surface area contributed by atoms with Crippen LogP contribution in [-0.2, 0) is 0 Å². The van der Waals surface area contributed by atoms with Crippen molar-refractivity contribution in [2.75, 3.05) is 18.5 Å². The Labute approximate surface area is 64.8 Å². The lowest BCUT2D eigenvalue weighted by molar-refractivity contribution is 1.08. The molecule has 0 aromatic heterocycles. The van der Waals surface area contributed by atoms with Gasteiger partial charge in [0.2, 0.25) is 5.81 Å². The normalized spacial score (nSPS) is 11.0. The van der Waals surface area contributed by atoms with Crippen molar-refractivity contribution < 1.29 is 0 Å². The number of hydrogen-bond donors (Lipinski definition) is 0. The Bertz CT molecular complexity index is 122. The van der Waals surface area contributed by atoms with Gasteiger partial charge in [-0.05, 0) is 20.3 Å². The van der Waals surface area contributed by atoms with E-state index in [1.807, 2.05) is 0 Å². The topological polar surface area (TPSA) is 23.8 Å². The Morgan fingerprint density at radius 3 is 1.80 bits per heavy atom. The highest BCUT2D eigenvalue weighted by Gasteiger charge is 2.32. The number of nitrogens with zero attached hydrogens (tertiary/aromatic N) is 1. The molecular formula is C8H17NP+. The molecule has 0 aliphatic rings. The zero-order valence-corrected chi connectivity index (χ0v) is 8.12. The van der Waals surface area contributed by atoms with Crippen LogP contribution >= 0.6 is 7.26 Å². The van der Waals surface area contributed by atoms with Gasteiger partial charge in [0.25, 0.3) is 0 Å². The van der Waals surface area contributed by atoms with Crippen molar-refractivity contribution in [2.24, 2.45) is 0 Å². The molecule has 0 rings (SSSR count). The summed E-state index contributed by atoms with van der Waals surface area (Å²) in [5.74, 6) is 2.53. The van der Waals surface area contributed by atoms with Crippen molar-refractivity contribution in [2.45, 2.75) is 27.2 Å². The van der Waals surface area contributed by atoms with Crippen LogP contribution < -0.4 is 0 Å². The van der Waals surface area contributed by atoms with Crippen LogP contribution in [0, 0.1) is 11.1 Å². The highest BCUT2D eigenvalue weighted by atomic mass is 31.2. The third-order valence-electron chi connectivity index (χ3n) is 2.07. The summed E-state index contributed by atoms with van der Waals surface area (Å²) in [5, 5.41) is 8.91. The second-order valence-electron chi connectivity index (χ2n) is 2.60. The minimum Gasteiger partial charge on any atom is -0.152 e. The van der Waals surface area contributed by atoms with Crippen molar-refractivity contribution in [3.63, 3.8) is 0 Å².